The van der Waals surface area contributed by atoms with Crippen LogP contribution in [0.25, 0.3) is 0 Å². The van der Waals surface area contributed by atoms with Crippen LogP contribution in [0, 0.1) is 5.92 Å². The lowest BCUT2D eigenvalue weighted by Gasteiger charge is -2.31. The van der Waals surface area contributed by atoms with Crippen molar-refractivity contribution in [2.24, 2.45) is 5.92 Å². The lowest BCUT2D eigenvalue weighted by atomic mass is 9.96. The molecule has 1 atom stereocenters. The number of hydrogen-bond acceptors (Lipinski definition) is 2. The number of urea groups is 1. The maximum absolute atomic E-state index is 12.9. The molecule has 0 radical (unpaired) electrons. The summed E-state index contributed by atoms with van der Waals surface area (Å²) in [6.07, 6.45) is 0.966. The molecule has 5 nitrogen and oxygen atoms in total. The van der Waals surface area contributed by atoms with Crippen molar-refractivity contribution in [1.29, 1.82) is 0 Å². The van der Waals surface area contributed by atoms with E-state index in [1.165, 1.54) is 0 Å². The Labute approximate surface area is 137 Å². The Morgan fingerprint density at radius 3 is 2.57 bits per heavy atom. The van der Waals surface area contributed by atoms with E-state index in [2.05, 4.69) is 19.2 Å². The SMILES string of the molecule is CC(C)CCN1CC2=C(C1=O)C(c1ccccc1)NC(=O)N2C. The van der Waals surface area contributed by atoms with Crippen LogP contribution < -0.4 is 5.32 Å². The zero-order chi connectivity index (χ0) is 16.6. The first-order chi connectivity index (χ1) is 11.0. The van der Waals surface area contributed by atoms with Crippen LogP contribution in [-0.4, -0.2) is 41.9 Å². The summed E-state index contributed by atoms with van der Waals surface area (Å²) in [6, 6.07) is 9.17. The first-order valence-electron chi connectivity index (χ1n) is 8.10. The summed E-state index contributed by atoms with van der Waals surface area (Å²) in [5, 5.41) is 2.95. The minimum Gasteiger partial charge on any atom is -0.333 e. The van der Waals surface area contributed by atoms with Crippen LogP contribution in [0.15, 0.2) is 41.6 Å². The average molecular weight is 313 g/mol. The van der Waals surface area contributed by atoms with Crippen molar-refractivity contribution in [3.8, 4) is 0 Å². The normalized spacial score (nSPS) is 21.1. The van der Waals surface area contributed by atoms with Crippen LogP contribution in [-0.2, 0) is 4.79 Å². The minimum absolute atomic E-state index is 0.0429. The topological polar surface area (TPSA) is 52.7 Å². The van der Waals surface area contributed by atoms with E-state index in [4.69, 9.17) is 0 Å². The van der Waals surface area contributed by atoms with Crippen molar-refractivity contribution < 1.29 is 9.59 Å². The number of benzene rings is 1. The summed E-state index contributed by atoms with van der Waals surface area (Å²) in [7, 11) is 1.73. The standard InChI is InChI=1S/C18H23N3O2/c1-12(2)9-10-21-11-14-15(17(21)22)16(19-18(23)20(14)3)13-7-5-4-6-8-13/h4-8,12,16H,9-11H2,1-3H3,(H,19,23). The Kier molecular flexibility index (Phi) is 4.11. The van der Waals surface area contributed by atoms with Crippen molar-refractivity contribution in [2.75, 3.05) is 20.1 Å². The summed E-state index contributed by atoms with van der Waals surface area (Å²) in [5.41, 5.74) is 2.49. The molecule has 0 aliphatic carbocycles. The van der Waals surface area contributed by atoms with Crippen molar-refractivity contribution in [3.05, 3.63) is 47.2 Å². The molecule has 0 saturated heterocycles. The maximum atomic E-state index is 12.9. The molecule has 0 fully saturated rings. The molecule has 3 amide bonds. The molecule has 23 heavy (non-hydrogen) atoms. The van der Waals surface area contributed by atoms with Gasteiger partial charge in [0.05, 0.1) is 23.9 Å². The van der Waals surface area contributed by atoms with E-state index in [-0.39, 0.29) is 18.0 Å². The van der Waals surface area contributed by atoms with Gasteiger partial charge in [0.25, 0.3) is 5.91 Å². The quantitative estimate of drug-likeness (QED) is 0.928. The monoisotopic (exact) mass is 313 g/mol. The number of nitrogens with zero attached hydrogens (tertiary/aromatic N) is 2. The van der Waals surface area contributed by atoms with Gasteiger partial charge in [0.1, 0.15) is 0 Å². The predicted octanol–water partition coefficient (Wildman–Crippen LogP) is 2.53. The molecule has 1 N–H and O–H groups in total. The van der Waals surface area contributed by atoms with E-state index in [1.54, 1.807) is 11.9 Å². The van der Waals surface area contributed by atoms with Crippen LogP contribution in [0.1, 0.15) is 31.9 Å². The molecule has 0 saturated carbocycles. The summed E-state index contributed by atoms with van der Waals surface area (Å²) in [6.45, 7) is 5.55. The average Bonchev–Trinajstić information content (AvgIpc) is 2.87. The number of nitrogens with one attached hydrogen (secondary N) is 1. The first kappa shape index (κ1) is 15.6. The van der Waals surface area contributed by atoms with Gasteiger partial charge in [0, 0.05) is 13.6 Å². The van der Waals surface area contributed by atoms with Crippen molar-refractivity contribution in [3.63, 3.8) is 0 Å². The van der Waals surface area contributed by atoms with Gasteiger partial charge < -0.3 is 10.2 Å². The van der Waals surface area contributed by atoms with E-state index in [1.807, 2.05) is 35.2 Å². The number of hydrogen-bond donors (Lipinski definition) is 1. The number of carbonyl (C=O) groups excluding carboxylic acids is 2. The molecule has 2 heterocycles. The fourth-order valence-corrected chi connectivity index (χ4v) is 3.11. The van der Waals surface area contributed by atoms with Gasteiger partial charge >= 0.3 is 6.03 Å². The summed E-state index contributed by atoms with van der Waals surface area (Å²) >= 11 is 0. The largest absolute Gasteiger partial charge is 0.333 e. The molecule has 1 aromatic carbocycles. The van der Waals surface area contributed by atoms with Crippen LogP contribution >= 0.6 is 0 Å². The molecular weight excluding hydrogens is 290 g/mol. The van der Waals surface area contributed by atoms with Crippen molar-refractivity contribution >= 4 is 11.9 Å². The second-order valence-electron chi connectivity index (χ2n) is 6.62. The highest BCUT2D eigenvalue weighted by atomic mass is 16.2. The van der Waals surface area contributed by atoms with E-state index in [0.717, 1.165) is 24.2 Å². The molecule has 122 valence electrons. The van der Waals surface area contributed by atoms with Gasteiger partial charge in [-0.15, -0.1) is 0 Å². The zero-order valence-electron chi connectivity index (χ0n) is 13.9. The van der Waals surface area contributed by atoms with Crippen molar-refractivity contribution in [2.45, 2.75) is 26.3 Å². The number of amides is 3. The first-order valence-corrected chi connectivity index (χ1v) is 8.10. The predicted molar refractivity (Wildman–Crippen MR) is 88.5 cm³/mol. The van der Waals surface area contributed by atoms with E-state index in [0.29, 0.717) is 18.0 Å². The zero-order valence-corrected chi connectivity index (χ0v) is 13.9. The van der Waals surface area contributed by atoms with Crippen LogP contribution in [0.3, 0.4) is 0 Å². The van der Waals surface area contributed by atoms with Gasteiger partial charge in [-0.2, -0.15) is 0 Å². The Morgan fingerprint density at radius 2 is 1.91 bits per heavy atom. The number of rotatable bonds is 4. The van der Waals surface area contributed by atoms with E-state index >= 15 is 0 Å². The summed E-state index contributed by atoms with van der Waals surface area (Å²) in [5.74, 6) is 0.587. The third kappa shape index (κ3) is 2.83. The second kappa shape index (κ2) is 6.07. The number of likely N-dealkylation sites (N-methyl/N-ethyl adjacent to an activating group) is 1. The Hall–Kier alpha value is -2.30. The highest BCUT2D eigenvalue weighted by Crippen LogP contribution is 2.35. The molecule has 1 aromatic rings. The van der Waals surface area contributed by atoms with Gasteiger partial charge in [0.15, 0.2) is 0 Å². The molecule has 0 aromatic heterocycles. The Balaban J connectivity index is 1.92. The highest BCUT2D eigenvalue weighted by molar-refractivity contribution is 6.01. The molecule has 2 aliphatic heterocycles. The third-order valence-electron chi connectivity index (χ3n) is 4.54. The summed E-state index contributed by atoms with van der Waals surface area (Å²) in [4.78, 5) is 28.6. The molecule has 0 bridgehead atoms. The third-order valence-corrected chi connectivity index (χ3v) is 4.54. The van der Waals surface area contributed by atoms with Gasteiger partial charge in [-0.3, -0.25) is 9.69 Å². The second-order valence-corrected chi connectivity index (χ2v) is 6.62. The van der Waals surface area contributed by atoms with Gasteiger partial charge in [-0.25, -0.2) is 4.79 Å². The van der Waals surface area contributed by atoms with Crippen LogP contribution in [0.4, 0.5) is 4.79 Å². The highest BCUT2D eigenvalue weighted by Gasteiger charge is 2.42. The molecule has 3 rings (SSSR count). The Morgan fingerprint density at radius 1 is 1.22 bits per heavy atom. The summed E-state index contributed by atoms with van der Waals surface area (Å²) < 4.78 is 0. The fraction of sp³-hybridized carbons (Fsp3) is 0.444. The Bertz CT molecular complexity index is 651. The van der Waals surface area contributed by atoms with E-state index < -0.39 is 0 Å². The van der Waals surface area contributed by atoms with Gasteiger partial charge in [-0.1, -0.05) is 44.2 Å². The molecule has 5 heteroatoms. The number of carbonyl (C=O) groups is 2. The lowest BCUT2D eigenvalue weighted by molar-refractivity contribution is -0.125. The van der Waals surface area contributed by atoms with Crippen molar-refractivity contribution in [1.82, 2.24) is 15.1 Å². The van der Waals surface area contributed by atoms with Gasteiger partial charge in [0.2, 0.25) is 0 Å². The van der Waals surface area contributed by atoms with Crippen LogP contribution in [0.2, 0.25) is 0 Å². The molecule has 1 unspecified atom stereocenters. The van der Waals surface area contributed by atoms with Crippen LogP contribution in [0.5, 0.6) is 0 Å². The lowest BCUT2D eigenvalue weighted by Crippen LogP contribution is -2.45. The maximum Gasteiger partial charge on any atom is 0.322 e. The van der Waals surface area contributed by atoms with E-state index in [9.17, 15) is 9.59 Å². The fourth-order valence-electron chi connectivity index (χ4n) is 3.11. The van der Waals surface area contributed by atoms with Gasteiger partial charge in [-0.05, 0) is 17.9 Å². The minimum atomic E-state index is -0.355. The molecule has 0 spiro atoms. The molecular formula is C18H23N3O2. The molecule has 2 aliphatic rings. The smallest absolute Gasteiger partial charge is 0.322 e.